The third-order valence-corrected chi connectivity index (χ3v) is 2.60. The standard InChI is InChI=1S/C13H13ClN2O2/c1-16(8-2-7-15)12-9-11(14)5-3-10(12)4-6-13(17)18/h3-6,9H,2,8H2,1H3,(H,17,18)/b6-4+. The molecule has 0 saturated heterocycles. The number of benzene rings is 1. The van der Waals surface area contributed by atoms with Gasteiger partial charge in [0.1, 0.15) is 0 Å². The lowest BCUT2D eigenvalue weighted by Crippen LogP contribution is -2.19. The van der Waals surface area contributed by atoms with Gasteiger partial charge >= 0.3 is 5.97 Å². The largest absolute Gasteiger partial charge is 0.478 e. The van der Waals surface area contributed by atoms with Gasteiger partial charge in [0, 0.05) is 30.4 Å². The number of halogens is 1. The average molecular weight is 265 g/mol. The van der Waals surface area contributed by atoms with E-state index in [0.29, 0.717) is 18.0 Å². The molecular weight excluding hydrogens is 252 g/mol. The molecule has 0 heterocycles. The number of aliphatic carboxylic acids is 1. The molecule has 18 heavy (non-hydrogen) atoms. The van der Waals surface area contributed by atoms with Crippen molar-refractivity contribution in [2.45, 2.75) is 6.42 Å². The van der Waals surface area contributed by atoms with E-state index in [4.69, 9.17) is 22.0 Å². The van der Waals surface area contributed by atoms with Gasteiger partial charge in [-0.3, -0.25) is 0 Å². The topological polar surface area (TPSA) is 64.3 Å². The van der Waals surface area contributed by atoms with Crippen LogP contribution in [0.15, 0.2) is 24.3 Å². The number of hydrogen-bond donors (Lipinski definition) is 1. The zero-order valence-corrected chi connectivity index (χ0v) is 10.7. The van der Waals surface area contributed by atoms with Gasteiger partial charge in [0.05, 0.1) is 12.5 Å². The highest BCUT2D eigenvalue weighted by atomic mass is 35.5. The SMILES string of the molecule is CN(CCC#N)c1cc(Cl)ccc1/C=C/C(=O)O. The van der Waals surface area contributed by atoms with Gasteiger partial charge in [0.15, 0.2) is 0 Å². The van der Waals surface area contributed by atoms with Gasteiger partial charge < -0.3 is 10.0 Å². The molecule has 0 unspecified atom stereocenters. The molecule has 0 saturated carbocycles. The smallest absolute Gasteiger partial charge is 0.328 e. The van der Waals surface area contributed by atoms with Gasteiger partial charge in [0.2, 0.25) is 0 Å². The number of carbonyl (C=O) groups is 1. The van der Waals surface area contributed by atoms with E-state index in [9.17, 15) is 4.79 Å². The summed E-state index contributed by atoms with van der Waals surface area (Å²) in [4.78, 5) is 12.4. The Bertz CT molecular complexity index is 506. The van der Waals surface area contributed by atoms with Gasteiger partial charge in [-0.1, -0.05) is 17.7 Å². The molecule has 0 aliphatic heterocycles. The minimum Gasteiger partial charge on any atom is -0.478 e. The Hall–Kier alpha value is -1.99. The zero-order chi connectivity index (χ0) is 13.5. The van der Waals surface area contributed by atoms with E-state index in [1.165, 1.54) is 6.08 Å². The lowest BCUT2D eigenvalue weighted by Gasteiger charge is -2.20. The maximum atomic E-state index is 10.5. The predicted octanol–water partition coefficient (Wildman–Crippen LogP) is 2.79. The van der Waals surface area contributed by atoms with Crippen molar-refractivity contribution in [3.8, 4) is 6.07 Å². The highest BCUT2D eigenvalue weighted by Crippen LogP contribution is 2.25. The third-order valence-electron chi connectivity index (χ3n) is 2.37. The summed E-state index contributed by atoms with van der Waals surface area (Å²) in [6.07, 6.45) is 2.98. The summed E-state index contributed by atoms with van der Waals surface area (Å²) in [6, 6.07) is 7.27. The van der Waals surface area contributed by atoms with Crippen molar-refractivity contribution < 1.29 is 9.90 Å². The normalized spacial score (nSPS) is 10.3. The van der Waals surface area contributed by atoms with E-state index in [-0.39, 0.29) is 0 Å². The number of carboxylic acids is 1. The maximum Gasteiger partial charge on any atom is 0.328 e. The minimum atomic E-state index is -1.00. The fourth-order valence-electron chi connectivity index (χ4n) is 1.49. The van der Waals surface area contributed by atoms with E-state index in [2.05, 4.69) is 6.07 Å². The fraction of sp³-hybridized carbons (Fsp3) is 0.231. The van der Waals surface area contributed by atoms with Crippen molar-refractivity contribution in [2.75, 3.05) is 18.5 Å². The summed E-state index contributed by atoms with van der Waals surface area (Å²) in [5.41, 5.74) is 1.55. The van der Waals surface area contributed by atoms with Crippen LogP contribution >= 0.6 is 11.6 Å². The van der Waals surface area contributed by atoms with Crippen LogP contribution < -0.4 is 4.90 Å². The maximum absolute atomic E-state index is 10.5. The Morgan fingerprint density at radius 1 is 1.61 bits per heavy atom. The van der Waals surface area contributed by atoms with Crippen LogP contribution in [0.3, 0.4) is 0 Å². The van der Waals surface area contributed by atoms with E-state index >= 15 is 0 Å². The molecule has 4 nitrogen and oxygen atoms in total. The Kier molecular flexibility index (Phi) is 5.22. The summed E-state index contributed by atoms with van der Waals surface area (Å²) >= 11 is 5.93. The highest BCUT2D eigenvalue weighted by Gasteiger charge is 2.06. The van der Waals surface area contributed by atoms with Crippen LogP contribution in [-0.2, 0) is 4.79 Å². The van der Waals surface area contributed by atoms with Gasteiger partial charge in [-0.15, -0.1) is 0 Å². The second-order valence-corrected chi connectivity index (χ2v) is 4.14. The van der Waals surface area contributed by atoms with Crippen molar-refractivity contribution in [1.29, 1.82) is 5.26 Å². The van der Waals surface area contributed by atoms with Crippen molar-refractivity contribution in [1.82, 2.24) is 0 Å². The summed E-state index contributed by atoms with van der Waals surface area (Å²) < 4.78 is 0. The quantitative estimate of drug-likeness (QED) is 0.831. The molecule has 0 amide bonds. The lowest BCUT2D eigenvalue weighted by atomic mass is 10.1. The Labute approximate surface area is 111 Å². The van der Waals surface area contributed by atoms with Crippen LogP contribution in [-0.4, -0.2) is 24.7 Å². The second kappa shape index (κ2) is 6.67. The minimum absolute atomic E-state index is 0.394. The summed E-state index contributed by atoms with van der Waals surface area (Å²) in [5, 5.41) is 17.8. The summed E-state index contributed by atoms with van der Waals surface area (Å²) in [5.74, 6) is -1.00. The first-order valence-corrected chi connectivity index (χ1v) is 5.71. The third kappa shape index (κ3) is 4.11. The number of rotatable bonds is 5. The van der Waals surface area contributed by atoms with Gasteiger partial charge in [0.25, 0.3) is 0 Å². The molecule has 0 fully saturated rings. The molecule has 0 spiro atoms. The lowest BCUT2D eigenvalue weighted by molar-refractivity contribution is -0.131. The number of hydrogen-bond acceptors (Lipinski definition) is 3. The molecule has 0 atom stereocenters. The molecule has 0 aliphatic rings. The second-order valence-electron chi connectivity index (χ2n) is 3.70. The van der Waals surface area contributed by atoms with E-state index in [0.717, 1.165) is 17.3 Å². The van der Waals surface area contributed by atoms with E-state index in [1.54, 1.807) is 18.2 Å². The summed E-state index contributed by atoms with van der Waals surface area (Å²) in [7, 11) is 1.83. The number of anilines is 1. The molecule has 0 aromatic heterocycles. The van der Waals surface area contributed by atoms with Crippen molar-refractivity contribution in [3.05, 3.63) is 34.9 Å². The molecule has 1 aromatic rings. The van der Waals surface area contributed by atoms with E-state index in [1.807, 2.05) is 11.9 Å². The Balaban J connectivity index is 3.03. The van der Waals surface area contributed by atoms with Crippen LogP contribution in [0.2, 0.25) is 5.02 Å². The van der Waals surface area contributed by atoms with Crippen molar-refractivity contribution in [2.24, 2.45) is 0 Å². The number of carboxylic acid groups (broad SMARTS) is 1. The summed E-state index contributed by atoms with van der Waals surface area (Å²) in [6.45, 7) is 0.560. The molecule has 1 rings (SSSR count). The molecule has 5 heteroatoms. The van der Waals surface area contributed by atoms with Crippen LogP contribution in [0.4, 0.5) is 5.69 Å². The molecule has 1 N–H and O–H groups in total. The molecule has 94 valence electrons. The molecule has 0 bridgehead atoms. The van der Waals surface area contributed by atoms with Gasteiger partial charge in [-0.25, -0.2) is 4.79 Å². The number of nitrogens with zero attached hydrogens (tertiary/aromatic N) is 2. The van der Waals surface area contributed by atoms with Crippen LogP contribution in [0.5, 0.6) is 0 Å². The van der Waals surface area contributed by atoms with Crippen LogP contribution in [0.1, 0.15) is 12.0 Å². The predicted molar refractivity (Wildman–Crippen MR) is 71.6 cm³/mol. The highest BCUT2D eigenvalue weighted by molar-refractivity contribution is 6.31. The first kappa shape index (κ1) is 14.1. The number of nitriles is 1. The van der Waals surface area contributed by atoms with Gasteiger partial charge in [-0.2, -0.15) is 5.26 Å². The molecule has 0 radical (unpaired) electrons. The fourth-order valence-corrected chi connectivity index (χ4v) is 1.65. The monoisotopic (exact) mass is 264 g/mol. The van der Waals surface area contributed by atoms with Crippen molar-refractivity contribution in [3.63, 3.8) is 0 Å². The van der Waals surface area contributed by atoms with Gasteiger partial charge in [-0.05, 0) is 23.8 Å². The Morgan fingerprint density at radius 3 is 2.94 bits per heavy atom. The van der Waals surface area contributed by atoms with Crippen LogP contribution in [0, 0.1) is 11.3 Å². The van der Waals surface area contributed by atoms with Crippen molar-refractivity contribution >= 4 is 29.3 Å². The first-order chi connectivity index (χ1) is 8.54. The Morgan fingerprint density at radius 2 is 2.33 bits per heavy atom. The average Bonchev–Trinajstić information content (AvgIpc) is 2.34. The molecular formula is C13H13ClN2O2. The zero-order valence-electron chi connectivity index (χ0n) is 9.93. The molecule has 0 aliphatic carbocycles. The molecule has 1 aromatic carbocycles. The first-order valence-electron chi connectivity index (χ1n) is 5.33. The van der Waals surface area contributed by atoms with E-state index < -0.39 is 5.97 Å². The van der Waals surface area contributed by atoms with Crippen LogP contribution in [0.25, 0.3) is 6.08 Å².